The predicted molar refractivity (Wildman–Crippen MR) is 55.4 cm³/mol. The Labute approximate surface area is 88.9 Å². The van der Waals surface area contributed by atoms with Crippen molar-refractivity contribution in [2.75, 3.05) is 19.6 Å². The van der Waals surface area contributed by atoms with Crippen molar-refractivity contribution < 1.29 is 9.53 Å². The van der Waals surface area contributed by atoms with Crippen LogP contribution in [0.1, 0.15) is 20.8 Å². The number of nitroso groups, excluding NO2 is 1. The topological polar surface area (TPSA) is 71.0 Å². The zero-order chi connectivity index (χ0) is 11.5. The van der Waals surface area contributed by atoms with Crippen LogP contribution in [-0.4, -0.2) is 42.4 Å². The second-order valence-corrected chi connectivity index (χ2v) is 4.46. The van der Waals surface area contributed by atoms with Gasteiger partial charge in [-0.2, -0.15) is 0 Å². The monoisotopic (exact) mass is 215 g/mol. The van der Waals surface area contributed by atoms with Crippen molar-refractivity contribution in [2.45, 2.75) is 32.5 Å². The van der Waals surface area contributed by atoms with Gasteiger partial charge in [-0.15, -0.1) is 4.91 Å². The average molecular weight is 215 g/mol. The summed E-state index contributed by atoms with van der Waals surface area (Å²) in [7, 11) is 0. The lowest BCUT2D eigenvalue weighted by Gasteiger charge is -2.33. The van der Waals surface area contributed by atoms with Crippen LogP contribution >= 0.6 is 0 Å². The summed E-state index contributed by atoms with van der Waals surface area (Å²) in [6, 6.07) is 0. The minimum absolute atomic E-state index is 0.392. The molecule has 1 heterocycles. The van der Waals surface area contributed by atoms with Gasteiger partial charge in [-0.3, -0.25) is 4.90 Å². The molecule has 0 saturated carbocycles. The van der Waals surface area contributed by atoms with Gasteiger partial charge in [0, 0.05) is 19.6 Å². The molecule has 0 radical (unpaired) electrons. The van der Waals surface area contributed by atoms with Crippen molar-refractivity contribution >= 4 is 6.09 Å². The predicted octanol–water partition coefficient (Wildman–Crippen LogP) is 0.919. The summed E-state index contributed by atoms with van der Waals surface area (Å²) in [5.74, 6) is 0. The maximum Gasteiger partial charge on any atom is 0.412 e. The second kappa shape index (κ2) is 4.57. The van der Waals surface area contributed by atoms with E-state index < -0.39 is 17.9 Å². The SMILES string of the molecule is CC(C)(C)OC(=O)N1CCNCC1N=O. The molecule has 0 aromatic rings. The molecule has 0 aliphatic carbocycles. The molecule has 1 rings (SSSR count). The van der Waals surface area contributed by atoms with Gasteiger partial charge < -0.3 is 10.1 Å². The van der Waals surface area contributed by atoms with Crippen LogP contribution in [-0.2, 0) is 4.74 Å². The Balaban J connectivity index is 2.60. The van der Waals surface area contributed by atoms with Crippen LogP contribution in [0, 0.1) is 4.91 Å². The van der Waals surface area contributed by atoms with Crippen LogP contribution in [0.25, 0.3) is 0 Å². The van der Waals surface area contributed by atoms with Gasteiger partial charge in [0.2, 0.25) is 0 Å². The van der Waals surface area contributed by atoms with Crippen LogP contribution in [0.2, 0.25) is 0 Å². The molecular weight excluding hydrogens is 198 g/mol. The fraction of sp³-hybridized carbons (Fsp3) is 0.889. The summed E-state index contributed by atoms with van der Waals surface area (Å²) >= 11 is 0. The first-order valence-corrected chi connectivity index (χ1v) is 4.97. The number of amides is 1. The summed E-state index contributed by atoms with van der Waals surface area (Å²) in [5.41, 5.74) is -0.546. The molecule has 0 spiro atoms. The lowest BCUT2D eigenvalue weighted by atomic mass is 10.2. The van der Waals surface area contributed by atoms with Crippen LogP contribution in [0.4, 0.5) is 4.79 Å². The van der Waals surface area contributed by atoms with Crippen molar-refractivity contribution in [3.8, 4) is 0 Å². The zero-order valence-corrected chi connectivity index (χ0v) is 9.32. The maximum absolute atomic E-state index is 11.7. The number of piperazine rings is 1. The van der Waals surface area contributed by atoms with Gasteiger partial charge in [-0.05, 0) is 25.9 Å². The minimum atomic E-state index is -0.659. The van der Waals surface area contributed by atoms with Crippen molar-refractivity contribution in [1.82, 2.24) is 10.2 Å². The molecule has 1 amide bonds. The molecule has 0 bridgehead atoms. The summed E-state index contributed by atoms with van der Waals surface area (Å²) in [4.78, 5) is 23.5. The standard InChI is InChI=1S/C9H17N3O3/c1-9(2,3)15-8(13)12-5-4-10-6-7(12)11-14/h7,10H,4-6H2,1-3H3. The molecule has 6 nitrogen and oxygen atoms in total. The van der Waals surface area contributed by atoms with Gasteiger partial charge in [-0.1, -0.05) is 0 Å². The second-order valence-electron chi connectivity index (χ2n) is 4.46. The molecule has 1 aliphatic rings. The van der Waals surface area contributed by atoms with E-state index in [1.165, 1.54) is 4.90 Å². The summed E-state index contributed by atoms with van der Waals surface area (Å²) in [5, 5.41) is 5.88. The molecule has 0 aromatic heterocycles. The first kappa shape index (κ1) is 11.9. The molecule has 6 heteroatoms. The highest BCUT2D eigenvalue weighted by atomic mass is 16.6. The first-order chi connectivity index (χ1) is 6.94. The van der Waals surface area contributed by atoms with E-state index in [0.29, 0.717) is 19.6 Å². The summed E-state index contributed by atoms with van der Waals surface area (Å²) in [6.07, 6.45) is -1.14. The van der Waals surface area contributed by atoms with Crippen molar-refractivity contribution in [3.63, 3.8) is 0 Å². The van der Waals surface area contributed by atoms with Gasteiger partial charge in [-0.25, -0.2) is 4.79 Å². The summed E-state index contributed by atoms with van der Waals surface area (Å²) in [6.45, 7) is 6.86. The maximum atomic E-state index is 11.7. The molecule has 1 atom stereocenters. The zero-order valence-electron chi connectivity index (χ0n) is 9.32. The average Bonchev–Trinajstić information content (AvgIpc) is 2.15. The van der Waals surface area contributed by atoms with Gasteiger partial charge in [0.15, 0.2) is 6.17 Å². The molecule has 1 unspecified atom stereocenters. The Morgan fingerprint density at radius 3 is 2.73 bits per heavy atom. The van der Waals surface area contributed by atoms with E-state index >= 15 is 0 Å². The van der Waals surface area contributed by atoms with Crippen molar-refractivity contribution in [1.29, 1.82) is 0 Å². The number of hydrogen-bond donors (Lipinski definition) is 1. The van der Waals surface area contributed by atoms with Crippen LogP contribution < -0.4 is 5.32 Å². The Morgan fingerprint density at radius 1 is 1.53 bits per heavy atom. The number of hydrogen-bond acceptors (Lipinski definition) is 5. The van der Waals surface area contributed by atoms with E-state index in [0.717, 1.165) is 0 Å². The lowest BCUT2D eigenvalue weighted by Crippen LogP contribution is -2.53. The Kier molecular flexibility index (Phi) is 3.62. The third-order valence-electron chi connectivity index (χ3n) is 1.97. The molecule has 1 fully saturated rings. The normalized spacial score (nSPS) is 22.3. The van der Waals surface area contributed by atoms with E-state index in [2.05, 4.69) is 10.5 Å². The molecular formula is C9H17N3O3. The molecule has 86 valence electrons. The number of nitrogens with zero attached hydrogens (tertiary/aromatic N) is 2. The summed E-state index contributed by atoms with van der Waals surface area (Å²) < 4.78 is 5.17. The van der Waals surface area contributed by atoms with Gasteiger partial charge >= 0.3 is 6.09 Å². The highest BCUT2D eigenvalue weighted by Crippen LogP contribution is 2.13. The third-order valence-corrected chi connectivity index (χ3v) is 1.97. The van der Waals surface area contributed by atoms with E-state index in [1.807, 2.05) is 0 Å². The van der Waals surface area contributed by atoms with Crippen LogP contribution in [0.15, 0.2) is 5.18 Å². The van der Waals surface area contributed by atoms with Gasteiger partial charge in [0.1, 0.15) is 5.60 Å². The smallest absolute Gasteiger partial charge is 0.412 e. The Hall–Kier alpha value is -1.17. The number of ether oxygens (including phenoxy) is 1. The fourth-order valence-electron chi connectivity index (χ4n) is 1.32. The van der Waals surface area contributed by atoms with Crippen LogP contribution in [0.3, 0.4) is 0 Å². The van der Waals surface area contributed by atoms with Crippen LogP contribution in [0.5, 0.6) is 0 Å². The molecule has 1 aliphatic heterocycles. The number of carbonyl (C=O) groups is 1. The number of carbonyl (C=O) groups excluding carboxylic acids is 1. The lowest BCUT2D eigenvalue weighted by molar-refractivity contribution is 0.0129. The quantitative estimate of drug-likeness (QED) is 0.660. The molecule has 15 heavy (non-hydrogen) atoms. The van der Waals surface area contributed by atoms with Gasteiger partial charge in [0.05, 0.1) is 0 Å². The minimum Gasteiger partial charge on any atom is -0.444 e. The Morgan fingerprint density at radius 2 is 2.20 bits per heavy atom. The van der Waals surface area contributed by atoms with Crippen molar-refractivity contribution in [2.24, 2.45) is 5.18 Å². The number of rotatable bonds is 1. The number of nitrogens with one attached hydrogen (secondary N) is 1. The third kappa shape index (κ3) is 3.47. The Bertz CT molecular complexity index is 249. The van der Waals surface area contributed by atoms with E-state index in [-0.39, 0.29) is 0 Å². The molecule has 1 saturated heterocycles. The van der Waals surface area contributed by atoms with Gasteiger partial charge in [0.25, 0.3) is 0 Å². The highest BCUT2D eigenvalue weighted by molar-refractivity contribution is 5.68. The van der Waals surface area contributed by atoms with E-state index in [1.54, 1.807) is 20.8 Å². The van der Waals surface area contributed by atoms with E-state index in [4.69, 9.17) is 4.74 Å². The first-order valence-electron chi connectivity index (χ1n) is 4.97. The largest absolute Gasteiger partial charge is 0.444 e. The van der Waals surface area contributed by atoms with Crippen molar-refractivity contribution in [3.05, 3.63) is 4.91 Å². The molecule has 1 N–H and O–H groups in total. The fourth-order valence-corrected chi connectivity index (χ4v) is 1.32. The highest BCUT2D eigenvalue weighted by Gasteiger charge is 2.30. The molecule has 0 aromatic carbocycles. The van der Waals surface area contributed by atoms with E-state index in [9.17, 15) is 9.70 Å².